The molecule has 0 aliphatic carbocycles. The van der Waals surface area contributed by atoms with E-state index in [4.69, 9.17) is 11.6 Å². The van der Waals surface area contributed by atoms with Crippen molar-refractivity contribution >= 4 is 23.2 Å². The number of benzene rings is 2. The van der Waals surface area contributed by atoms with Gasteiger partial charge >= 0.3 is 0 Å². The van der Waals surface area contributed by atoms with Crippen LogP contribution >= 0.6 is 11.6 Å². The Labute approximate surface area is 249 Å². The molecule has 43 heavy (non-hydrogen) atoms. The van der Waals surface area contributed by atoms with Crippen LogP contribution < -0.4 is 0 Å². The fourth-order valence-electron chi connectivity index (χ4n) is 5.34. The predicted octanol–water partition coefficient (Wildman–Crippen LogP) is 5.71. The number of hydrogen-bond donors (Lipinski definition) is 0. The lowest BCUT2D eigenvalue weighted by molar-refractivity contribution is 0.0708. The topological polar surface area (TPSA) is 99.0 Å². The summed E-state index contributed by atoms with van der Waals surface area (Å²) < 4.78 is 32.7. The van der Waals surface area contributed by atoms with Crippen molar-refractivity contribution in [1.29, 1.82) is 0 Å². The standard InChI is InChI=1S/C30H24ClF2N9O/c1-18(19-7-9-21(31)10-8-19)41-16-25(37-38-41)22-14-34-40-12-11-39(17-27(22)40)30(43)23-15-35-42-26(28(32)33)13-24(36-29(23)42)20-5-3-2-4-6-20/h2-10,13-16,18,28H,11-12,17H2,1H3/t18-/m1/s1. The highest BCUT2D eigenvalue weighted by Gasteiger charge is 2.29. The molecule has 0 radical (unpaired) electrons. The molecule has 0 saturated carbocycles. The Bertz CT molecular complexity index is 1950. The minimum atomic E-state index is -2.81. The molecule has 4 aromatic heterocycles. The Hall–Kier alpha value is -4.97. The van der Waals surface area contributed by atoms with E-state index < -0.39 is 6.43 Å². The van der Waals surface area contributed by atoms with E-state index in [1.807, 2.05) is 48.1 Å². The van der Waals surface area contributed by atoms with Gasteiger partial charge in [-0.3, -0.25) is 9.48 Å². The first-order valence-corrected chi connectivity index (χ1v) is 14.0. The molecule has 0 saturated heterocycles. The number of carbonyl (C=O) groups is 1. The van der Waals surface area contributed by atoms with Crippen LogP contribution in [0.2, 0.25) is 5.02 Å². The molecule has 1 aliphatic heterocycles. The number of halogens is 3. The largest absolute Gasteiger partial charge is 0.331 e. The van der Waals surface area contributed by atoms with Crippen molar-refractivity contribution < 1.29 is 13.6 Å². The van der Waals surface area contributed by atoms with E-state index in [0.29, 0.717) is 35.1 Å². The molecule has 10 nitrogen and oxygen atoms in total. The highest BCUT2D eigenvalue weighted by molar-refractivity contribution is 6.30. The second-order valence-electron chi connectivity index (χ2n) is 10.3. The summed E-state index contributed by atoms with van der Waals surface area (Å²) in [5.74, 6) is -0.355. The van der Waals surface area contributed by atoms with E-state index in [1.54, 1.807) is 40.0 Å². The molecule has 216 valence electrons. The molecule has 0 N–H and O–H groups in total. The Morgan fingerprint density at radius 2 is 1.77 bits per heavy atom. The summed E-state index contributed by atoms with van der Waals surface area (Å²) in [7, 11) is 0. The molecule has 1 atom stereocenters. The molecule has 0 spiro atoms. The second kappa shape index (κ2) is 10.7. The number of carbonyl (C=O) groups excluding carboxylic acids is 1. The zero-order chi connectivity index (χ0) is 29.7. The molecule has 0 bridgehead atoms. The van der Waals surface area contributed by atoms with Crippen LogP contribution in [0.4, 0.5) is 8.78 Å². The Balaban J connectivity index is 1.19. The number of rotatable bonds is 6. The molecular formula is C30H24ClF2N9O. The Kier molecular flexibility index (Phi) is 6.69. The van der Waals surface area contributed by atoms with Crippen molar-refractivity contribution in [3.8, 4) is 22.5 Å². The monoisotopic (exact) mass is 599 g/mol. The molecule has 13 heteroatoms. The van der Waals surface area contributed by atoms with Gasteiger partial charge in [0.2, 0.25) is 0 Å². The molecule has 2 aromatic carbocycles. The predicted molar refractivity (Wildman–Crippen MR) is 155 cm³/mol. The molecule has 1 amide bonds. The third kappa shape index (κ3) is 4.83. The first kappa shape index (κ1) is 26.9. The first-order chi connectivity index (χ1) is 20.9. The third-order valence-electron chi connectivity index (χ3n) is 7.72. The van der Waals surface area contributed by atoms with Crippen molar-refractivity contribution in [2.24, 2.45) is 0 Å². The average Bonchev–Trinajstić information content (AvgIpc) is 3.78. The fourth-order valence-corrected chi connectivity index (χ4v) is 5.46. The molecule has 0 fully saturated rings. The van der Waals surface area contributed by atoms with E-state index in [0.717, 1.165) is 21.3 Å². The van der Waals surface area contributed by atoms with Gasteiger partial charge in [-0.05, 0) is 30.7 Å². The van der Waals surface area contributed by atoms with Gasteiger partial charge in [0.25, 0.3) is 12.3 Å². The van der Waals surface area contributed by atoms with Crippen LogP contribution in [-0.2, 0) is 13.1 Å². The van der Waals surface area contributed by atoms with Crippen LogP contribution in [0.5, 0.6) is 0 Å². The van der Waals surface area contributed by atoms with E-state index in [2.05, 4.69) is 25.5 Å². The van der Waals surface area contributed by atoms with Gasteiger partial charge in [0.1, 0.15) is 17.0 Å². The van der Waals surface area contributed by atoms with Gasteiger partial charge in [-0.25, -0.2) is 23.0 Å². The van der Waals surface area contributed by atoms with E-state index in [-0.39, 0.29) is 35.4 Å². The van der Waals surface area contributed by atoms with Crippen molar-refractivity contribution in [2.75, 3.05) is 6.54 Å². The number of amides is 1. The van der Waals surface area contributed by atoms with Gasteiger partial charge in [0.05, 0.1) is 49.1 Å². The van der Waals surface area contributed by atoms with Crippen LogP contribution in [-0.4, -0.2) is 56.7 Å². The quantitative estimate of drug-likeness (QED) is 0.243. The number of nitrogens with zero attached hydrogens (tertiary/aromatic N) is 9. The average molecular weight is 600 g/mol. The number of fused-ring (bicyclic) bond motifs is 2. The summed E-state index contributed by atoms with van der Waals surface area (Å²) in [6, 6.07) is 17.8. The Morgan fingerprint density at radius 3 is 2.53 bits per heavy atom. The van der Waals surface area contributed by atoms with Crippen molar-refractivity contribution in [1.82, 2.24) is 44.3 Å². The molecule has 6 aromatic rings. The highest BCUT2D eigenvalue weighted by atomic mass is 35.5. The van der Waals surface area contributed by atoms with Gasteiger partial charge in [-0.2, -0.15) is 10.2 Å². The molecule has 7 rings (SSSR count). The summed E-state index contributed by atoms with van der Waals surface area (Å²) in [6.45, 7) is 3.10. The number of alkyl halides is 2. The maximum atomic E-state index is 14.0. The number of hydrogen-bond acceptors (Lipinski definition) is 6. The first-order valence-electron chi connectivity index (χ1n) is 13.6. The van der Waals surface area contributed by atoms with Crippen LogP contribution in [0.25, 0.3) is 28.2 Å². The summed E-state index contributed by atoms with van der Waals surface area (Å²) in [5, 5.41) is 18.0. The third-order valence-corrected chi connectivity index (χ3v) is 7.97. The molecular weight excluding hydrogens is 576 g/mol. The van der Waals surface area contributed by atoms with Crippen LogP contribution in [0, 0.1) is 0 Å². The molecule has 1 aliphatic rings. The zero-order valence-electron chi connectivity index (χ0n) is 22.8. The van der Waals surface area contributed by atoms with Gasteiger partial charge in [0.15, 0.2) is 5.65 Å². The van der Waals surface area contributed by atoms with Crippen LogP contribution in [0.1, 0.15) is 46.7 Å². The summed E-state index contributed by atoms with van der Waals surface area (Å²) in [4.78, 5) is 20.1. The zero-order valence-corrected chi connectivity index (χ0v) is 23.6. The minimum absolute atomic E-state index is 0.0787. The van der Waals surface area contributed by atoms with Crippen molar-refractivity contribution in [3.05, 3.63) is 107 Å². The van der Waals surface area contributed by atoms with Crippen LogP contribution in [0.15, 0.2) is 79.3 Å². The van der Waals surface area contributed by atoms with Gasteiger partial charge in [-0.15, -0.1) is 5.10 Å². The minimum Gasteiger partial charge on any atom is -0.331 e. The van der Waals surface area contributed by atoms with Gasteiger partial charge in [-0.1, -0.05) is 59.3 Å². The SMILES string of the molecule is C[C@H](c1ccc(Cl)cc1)n1cc(-c2cnn3c2CN(C(=O)c2cnn4c(C(F)F)cc(-c5ccccc5)nc24)CC3)nn1. The van der Waals surface area contributed by atoms with Crippen molar-refractivity contribution in [3.63, 3.8) is 0 Å². The normalized spacial score (nSPS) is 13.9. The second-order valence-corrected chi connectivity index (χ2v) is 10.7. The highest BCUT2D eigenvalue weighted by Crippen LogP contribution is 2.30. The van der Waals surface area contributed by atoms with E-state index in [9.17, 15) is 13.6 Å². The summed E-state index contributed by atoms with van der Waals surface area (Å²) in [6.07, 6.45) is 2.08. The lowest BCUT2D eigenvalue weighted by atomic mass is 10.1. The van der Waals surface area contributed by atoms with Gasteiger partial charge in [0, 0.05) is 22.7 Å². The van der Waals surface area contributed by atoms with E-state index in [1.165, 1.54) is 12.3 Å². The molecule has 0 unspecified atom stereocenters. The van der Waals surface area contributed by atoms with Crippen LogP contribution in [0.3, 0.4) is 0 Å². The lowest BCUT2D eigenvalue weighted by Crippen LogP contribution is -2.38. The van der Waals surface area contributed by atoms with E-state index >= 15 is 0 Å². The number of aromatic nitrogens is 8. The fraction of sp³-hybridized carbons (Fsp3) is 0.200. The Morgan fingerprint density at radius 1 is 0.977 bits per heavy atom. The summed E-state index contributed by atoms with van der Waals surface area (Å²) in [5.41, 5.74) is 4.12. The maximum Gasteiger partial charge on any atom is 0.280 e. The summed E-state index contributed by atoms with van der Waals surface area (Å²) >= 11 is 6.04. The smallest absolute Gasteiger partial charge is 0.280 e. The van der Waals surface area contributed by atoms with Gasteiger partial charge < -0.3 is 4.90 Å². The lowest BCUT2D eigenvalue weighted by Gasteiger charge is -2.28. The van der Waals surface area contributed by atoms with Crippen molar-refractivity contribution in [2.45, 2.75) is 32.5 Å². The molecule has 5 heterocycles. The maximum absolute atomic E-state index is 14.0.